The molecule has 31 heavy (non-hydrogen) atoms. The van der Waals surface area contributed by atoms with E-state index in [-0.39, 0.29) is 11.9 Å². The molecule has 2 N–H and O–H groups in total. The monoisotopic (exact) mass is 421 g/mol. The molecule has 1 amide bonds. The van der Waals surface area contributed by atoms with Crippen molar-refractivity contribution in [3.8, 4) is 0 Å². The maximum absolute atomic E-state index is 11.6. The van der Waals surface area contributed by atoms with Gasteiger partial charge in [0.05, 0.1) is 0 Å². The van der Waals surface area contributed by atoms with Crippen LogP contribution in [0.3, 0.4) is 0 Å². The van der Waals surface area contributed by atoms with E-state index in [4.69, 9.17) is 4.98 Å². The third-order valence-electron chi connectivity index (χ3n) is 5.96. The lowest BCUT2D eigenvalue weighted by Crippen LogP contribution is -2.44. The molecular weight excluding hydrogens is 390 g/mol. The molecule has 0 radical (unpaired) electrons. The van der Waals surface area contributed by atoms with Crippen LogP contribution in [0.25, 0.3) is 0 Å². The van der Waals surface area contributed by atoms with Gasteiger partial charge in [-0.1, -0.05) is 6.58 Å². The Kier molecular flexibility index (Phi) is 6.36. The average molecular weight is 422 g/mol. The minimum absolute atomic E-state index is 0.110. The molecular formula is C23H31N7O. The van der Waals surface area contributed by atoms with Gasteiger partial charge in [0.1, 0.15) is 5.82 Å². The number of nitrogens with one attached hydrogen (secondary N) is 2. The highest BCUT2D eigenvalue weighted by atomic mass is 16.1. The van der Waals surface area contributed by atoms with E-state index in [1.54, 1.807) is 0 Å². The van der Waals surface area contributed by atoms with E-state index in [9.17, 15) is 4.79 Å². The fraction of sp³-hybridized carbons (Fsp3) is 0.435. The fourth-order valence-electron chi connectivity index (χ4n) is 4.09. The lowest BCUT2D eigenvalue weighted by atomic mass is 10.2. The maximum atomic E-state index is 11.6. The first kappa shape index (κ1) is 21.1. The van der Waals surface area contributed by atoms with Crippen LogP contribution in [0.2, 0.25) is 0 Å². The third-order valence-corrected chi connectivity index (χ3v) is 5.96. The van der Waals surface area contributed by atoms with Crippen LogP contribution in [0.15, 0.2) is 43.1 Å². The Labute approximate surface area is 184 Å². The number of benzene rings is 1. The predicted octanol–water partition coefficient (Wildman–Crippen LogP) is 2.16. The van der Waals surface area contributed by atoms with Crippen LogP contribution >= 0.6 is 0 Å². The van der Waals surface area contributed by atoms with E-state index in [0.717, 1.165) is 62.8 Å². The number of hydrogen-bond donors (Lipinski definition) is 2. The molecule has 8 heteroatoms. The topological polar surface area (TPSA) is 76.6 Å². The Morgan fingerprint density at radius 2 is 1.87 bits per heavy atom. The van der Waals surface area contributed by atoms with Crippen LogP contribution in [0.5, 0.6) is 0 Å². The summed E-state index contributed by atoms with van der Waals surface area (Å²) in [5.74, 6) is 1.35. The largest absolute Gasteiger partial charge is 0.369 e. The Balaban J connectivity index is 1.40. The van der Waals surface area contributed by atoms with Crippen molar-refractivity contribution in [1.29, 1.82) is 0 Å². The van der Waals surface area contributed by atoms with Crippen molar-refractivity contribution < 1.29 is 4.79 Å². The van der Waals surface area contributed by atoms with E-state index in [1.165, 1.54) is 11.8 Å². The third kappa shape index (κ3) is 5.14. The standard InChI is InChI=1S/C23H31N7O/c1-4-21(31)25-19-9-10-30(16-19)22-17(2)15-24-23(27-22)26-18-5-7-20(8-6-18)29-13-11-28(3)12-14-29/h4-8,15,19H,1,9-14,16H2,2-3H3,(H,25,31)(H,24,26,27)/t19-/m1/s1. The molecule has 8 nitrogen and oxygen atoms in total. The van der Waals surface area contributed by atoms with Crippen molar-refractivity contribution >= 4 is 29.0 Å². The first-order valence-corrected chi connectivity index (χ1v) is 10.8. The first-order valence-electron chi connectivity index (χ1n) is 10.8. The van der Waals surface area contributed by atoms with Gasteiger partial charge in [0.15, 0.2) is 0 Å². The number of amides is 1. The summed E-state index contributed by atoms with van der Waals surface area (Å²) >= 11 is 0. The van der Waals surface area contributed by atoms with E-state index < -0.39 is 0 Å². The van der Waals surface area contributed by atoms with Crippen molar-refractivity contribution in [2.45, 2.75) is 19.4 Å². The van der Waals surface area contributed by atoms with Gasteiger partial charge in [-0.15, -0.1) is 0 Å². The van der Waals surface area contributed by atoms with Crippen molar-refractivity contribution in [1.82, 2.24) is 20.2 Å². The molecule has 2 saturated heterocycles. The summed E-state index contributed by atoms with van der Waals surface area (Å²) in [5, 5.41) is 6.30. The van der Waals surface area contributed by atoms with Gasteiger partial charge in [-0.25, -0.2) is 4.98 Å². The quantitative estimate of drug-likeness (QED) is 0.692. The van der Waals surface area contributed by atoms with Gasteiger partial charge < -0.3 is 25.3 Å². The molecule has 0 bridgehead atoms. The van der Waals surface area contributed by atoms with E-state index in [2.05, 4.69) is 68.2 Å². The number of rotatable bonds is 6. The molecule has 0 aliphatic carbocycles. The number of anilines is 4. The molecule has 1 aromatic heterocycles. The maximum Gasteiger partial charge on any atom is 0.243 e. The van der Waals surface area contributed by atoms with Gasteiger partial charge >= 0.3 is 0 Å². The second kappa shape index (κ2) is 9.34. The normalized spacial score (nSPS) is 19.4. The van der Waals surface area contributed by atoms with Gasteiger partial charge in [-0.2, -0.15) is 4.98 Å². The molecule has 1 atom stereocenters. The summed E-state index contributed by atoms with van der Waals surface area (Å²) < 4.78 is 0. The zero-order valence-corrected chi connectivity index (χ0v) is 18.3. The first-order chi connectivity index (χ1) is 15.0. The molecule has 2 aliphatic heterocycles. The van der Waals surface area contributed by atoms with Crippen LogP contribution in [0, 0.1) is 6.92 Å². The number of likely N-dealkylation sites (N-methyl/N-ethyl adjacent to an activating group) is 1. The smallest absolute Gasteiger partial charge is 0.243 e. The van der Waals surface area contributed by atoms with Crippen LogP contribution in [-0.2, 0) is 4.79 Å². The zero-order chi connectivity index (χ0) is 21.8. The molecule has 2 fully saturated rings. The molecule has 4 rings (SSSR count). The lowest BCUT2D eigenvalue weighted by Gasteiger charge is -2.34. The minimum Gasteiger partial charge on any atom is -0.369 e. The van der Waals surface area contributed by atoms with Gasteiger partial charge in [0.2, 0.25) is 11.9 Å². The van der Waals surface area contributed by atoms with Gasteiger partial charge in [-0.05, 0) is 50.7 Å². The number of carbonyl (C=O) groups excluding carboxylic acids is 1. The summed E-state index contributed by atoms with van der Waals surface area (Å²) in [4.78, 5) is 27.8. The van der Waals surface area contributed by atoms with Crippen molar-refractivity contribution in [2.75, 3.05) is 61.4 Å². The van der Waals surface area contributed by atoms with Crippen LogP contribution in [0.4, 0.5) is 23.1 Å². The second-order valence-electron chi connectivity index (χ2n) is 8.31. The molecule has 2 aliphatic rings. The predicted molar refractivity (Wildman–Crippen MR) is 125 cm³/mol. The Hall–Kier alpha value is -3.13. The number of aryl methyl sites for hydroxylation is 1. The number of nitrogens with zero attached hydrogens (tertiary/aromatic N) is 5. The number of piperazine rings is 1. The number of carbonyl (C=O) groups is 1. The van der Waals surface area contributed by atoms with Gasteiger partial charge in [0.25, 0.3) is 0 Å². The van der Waals surface area contributed by atoms with Crippen LogP contribution < -0.4 is 20.4 Å². The Morgan fingerprint density at radius 1 is 1.13 bits per heavy atom. The number of aromatic nitrogens is 2. The van der Waals surface area contributed by atoms with Crippen molar-refractivity contribution in [3.05, 3.63) is 48.7 Å². The van der Waals surface area contributed by atoms with Crippen molar-refractivity contribution in [2.24, 2.45) is 0 Å². The number of hydrogen-bond acceptors (Lipinski definition) is 7. The molecule has 0 unspecified atom stereocenters. The summed E-state index contributed by atoms with van der Waals surface area (Å²) in [6, 6.07) is 8.56. The second-order valence-corrected chi connectivity index (χ2v) is 8.31. The molecule has 164 valence electrons. The van der Waals surface area contributed by atoms with E-state index >= 15 is 0 Å². The van der Waals surface area contributed by atoms with Gasteiger partial charge in [-0.3, -0.25) is 4.79 Å². The Bertz CT molecular complexity index is 922. The summed E-state index contributed by atoms with van der Waals surface area (Å²) in [5.41, 5.74) is 3.23. The molecule has 1 aromatic carbocycles. The highest BCUT2D eigenvalue weighted by Crippen LogP contribution is 2.25. The van der Waals surface area contributed by atoms with Crippen molar-refractivity contribution in [3.63, 3.8) is 0 Å². The summed E-state index contributed by atoms with van der Waals surface area (Å²) in [6.45, 7) is 11.4. The van der Waals surface area contributed by atoms with Crippen LogP contribution in [0.1, 0.15) is 12.0 Å². The highest BCUT2D eigenvalue weighted by Gasteiger charge is 2.25. The SMILES string of the molecule is C=CC(=O)N[C@@H]1CCN(c2nc(Nc3ccc(N4CCN(C)CC4)cc3)ncc2C)C1. The van der Waals surface area contributed by atoms with Gasteiger partial charge in [0, 0.05) is 68.4 Å². The molecule has 0 spiro atoms. The van der Waals surface area contributed by atoms with E-state index in [0.29, 0.717) is 5.95 Å². The Morgan fingerprint density at radius 3 is 2.58 bits per heavy atom. The molecule has 0 saturated carbocycles. The highest BCUT2D eigenvalue weighted by molar-refractivity contribution is 5.87. The molecule has 3 heterocycles. The summed E-state index contributed by atoms with van der Waals surface area (Å²) in [6.07, 6.45) is 4.05. The lowest BCUT2D eigenvalue weighted by molar-refractivity contribution is -0.117. The molecule has 2 aromatic rings. The van der Waals surface area contributed by atoms with E-state index in [1.807, 2.05) is 13.1 Å². The minimum atomic E-state index is -0.131. The summed E-state index contributed by atoms with van der Waals surface area (Å²) in [7, 11) is 2.17. The zero-order valence-electron chi connectivity index (χ0n) is 18.3. The fourth-order valence-corrected chi connectivity index (χ4v) is 4.09. The van der Waals surface area contributed by atoms with Crippen LogP contribution in [-0.4, -0.2) is 73.1 Å². The average Bonchev–Trinajstić information content (AvgIpc) is 3.24.